The molecule has 0 saturated heterocycles. The Morgan fingerprint density at radius 2 is 1.64 bits per heavy atom. The van der Waals surface area contributed by atoms with Crippen molar-refractivity contribution in [1.82, 2.24) is 10.6 Å². The summed E-state index contributed by atoms with van der Waals surface area (Å²) in [6, 6.07) is 10.3. The summed E-state index contributed by atoms with van der Waals surface area (Å²) in [6.45, 7) is -0.811. The lowest BCUT2D eigenvalue weighted by atomic mass is 10.0. The first kappa shape index (κ1) is 35.2. The van der Waals surface area contributed by atoms with Gasteiger partial charge in [-0.15, -0.1) is 0 Å². The van der Waals surface area contributed by atoms with Crippen LogP contribution in [0.2, 0.25) is 10.0 Å². The van der Waals surface area contributed by atoms with Crippen LogP contribution in [0.25, 0.3) is 0 Å². The van der Waals surface area contributed by atoms with E-state index in [2.05, 4.69) is 10.6 Å². The second-order valence-electron chi connectivity index (χ2n) is 11.5. The number of nitrogens with one attached hydrogen (secondary N) is 2. The number of benzene rings is 2. The normalized spacial score (nSPS) is 18.0. The number of likely N-dealkylation sites (N-methyl/N-ethyl adjacent to an activating group) is 1. The number of aryl methyl sites for hydroxylation is 1. The first-order chi connectivity index (χ1) is 21.5. The highest BCUT2D eigenvalue weighted by Crippen LogP contribution is 2.44. The van der Waals surface area contributed by atoms with Gasteiger partial charge in [-0.05, 0) is 73.9 Å². The van der Waals surface area contributed by atoms with Gasteiger partial charge in [0.05, 0.1) is 31.1 Å². The van der Waals surface area contributed by atoms with Crippen molar-refractivity contribution in [3.8, 4) is 5.75 Å². The van der Waals surface area contributed by atoms with Crippen molar-refractivity contribution < 1.29 is 44.6 Å². The summed E-state index contributed by atoms with van der Waals surface area (Å²) >= 11 is 13.1. The number of aliphatic hydroxyl groups is 5. The number of para-hydroxylation sites is 2. The molecule has 45 heavy (non-hydrogen) atoms. The number of hydrogen-bond acceptors (Lipinski definition) is 9. The lowest BCUT2D eigenvalue weighted by molar-refractivity contribution is -0.133. The van der Waals surface area contributed by atoms with E-state index in [4.69, 9.17) is 37.8 Å². The van der Waals surface area contributed by atoms with E-state index in [1.807, 2.05) is 24.3 Å². The number of anilines is 1. The Morgan fingerprint density at radius 3 is 2.31 bits per heavy atom. The number of nitrogens with zero attached hydrogens (tertiary/aromatic N) is 1. The van der Waals surface area contributed by atoms with Crippen LogP contribution in [0.15, 0.2) is 36.4 Å². The molecular formula is C31H41Cl2N3O9. The van der Waals surface area contributed by atoms with Crippen molar-refractivity contribution in [2.75, 3.05) is 31.6 Å². The minimum atomic E-state index is -1.77. The lowest BCUT2D eigenvalue weighted by Crippen LogP contribution is -2.50. The zero-order valence-corrected chi connectivity index (χ0v) is 26.5. The molecule has 2 aliphatic rings. The first-order valence-electron chi connectivity index (χ1n) is 14.9. The maximum absolute atomic E-state index is 13.5. The molecule has 0 heterocycles. The lowest BCUT2D eigenvalue weighted by Gasteiger charge is -2.26. The summed E-state index contributed by atoms with van der Waals surface area (Å²) in [5.74, 6) is 0.535. The molecule has 0 spiro atoms. The van der Waals surface area contributed by atoms with E-state index in [1.165, 1.54) is 0 Å². The minimum Gasteiger partial charge on any atom is -0.488 e. The Kier molecular flexibility index (Phi) is 12.3. The van der Waals surface area contributed by atoms with Gasteiger partial charge in [-0.25, -0.2) is 4.79 Å². The van der Waals surface area contributed by atoms with Crippen molar-refractivity contribution in [2.24, 2.45) is 0 Å². The van der Waals surface area contributed by atoms with Crippen LogP contribution in [0.5, 0.6) is 5.75 Å². The van der Waals surface area contributed by atoms with Crippen molar-refractivity contribution in [3.05, 3.63) is 57.6 Å². The smallest absolute Gasteiger partial charge is 0.314 e. The van der Waals surface area contributed by atoms with Crippen molar-refractivity contribution >= 4 is 40.8 Å². The molecule has 4 rings (SSSR count). The largest absolute Gasteiger partial charge is 0.488 e. The molecule has 0 aliphatic heterocycles. The van der Waals surface area contributed by atoms with Gasteiger partial charge >= 0.3 is 6.03 Å². The molecule has 0 unspecified atom stereocenters. The molecule has 0 aromatic heterocycles. The Labute approximate surface area is 271 Å². The second-order valence-corrected chi connectivity index (χ2v) is 12.3. The number of aliphatic hydroxyl groups excluding tert-OH is 5. The Hall–Kier alpha value is -2.68. The number of rotatable bonds is 17. The molecule has 3 amide bonds. The molecule has 2 aliphatic carbocycles. The third-order valence-corrected chi connectivity index (χ3v) is 8.57. The van der Waals surface area contributed by atoms with Gasteiger partial charge in [0.2, 0.25) is 0 Å². The van der Waals surface area contributed by atoms with Gasteiger partial charge < -0.3 is 50.5 Å². The molecule has 0 bridgehead atoms. The Morgan fingerprint density at radius 1 is 1.00 bits per heavy atom. The third-order valence-electron chi connectivity index (χ3n) is 7.87. The molecule has 14 heteroatoms. The maximum atomic E-state index is 13.5. The number of amides is 3. The standard InChI is InChI=1S/C31H41Cl2N3O9/c1-36(23-6-2-3-7-26(23)45-20-8-9-20)29(42)31(10-11-31)44-17-19-14-21(32)18(13-22(19)33)5-4-12-34-30(43)35-15-24(38)27(40)28(41)25(39)16-37/h2-3,6-7,13-14,20,24-25,27-28,37-41H,4-5,8-12,15-17H2,1H3,(H2,34,35,43)/t24-,25+,27+,28+/m0/s1. The fourth-order valence-corrected chi connectivity index (χ4v) is 5.24. The van der Waals surface area contributed by atoms with E-state index in [0.717, 1.165) is 18.4 Å². The van der Waals surface area contributed by atoms with E-state index in [9.17, 15) is 30.0 Å². The molecule has 4 atom stereocenters. The highest BCUT2D eigenvalue weighted by atomic mass is 35.5. The van der Waals surface area contributed by atoms with Gasteiger partial charge in [-0.3, -0.25) is 4.79 Å². The SMILES string of the molecule is CN(C(=O)C1(OCc2cc(Cl)c(CCCNC(=O)NC[C@H](O)[C@@H](O)[C@H](O)[C@H](O)CO)cc2Cl)CC1)c1ccccc1OC1CC1. The van der Waals surface area contributed by atoms with Crippen LogP contribution >= 0.6 is 23.2 Å². The topological polar surface area (TPSA) is 181 Å². The number of hydrogen-bond donors (Lipinski definition) is 7. The molecular weight excluding hydrogens is 629 g/mol. The zero-order valence-electron chi connectivity index (χ0n) is 25.0. The van der Waals surface area contributed by atoms with Crippen LogP contribution in [0.1, 0.15) is 43.2 Å². The van der Waals surface area contributed by atoms with Gasteiger partial charge in [0.25, 0.3) is 5.91 Å². The molecule has 248 valence electrons. The predicted molar refractivity (Wildman–Crippen MR) is 168 cm³/mol. The third kappa shape index (κ3) is 9.43. The molecule has 2 saturated carbocycles. The fourth-order valence-electron chi connectivity index (χ4n) is 4.72. The molecule has 2 fully saturated rings. The number of urea groups is 1. The van der Waals surface area contributed by atoms with Crippen LogP contribution in [0, 0.1) is 0 Å². The monoisotopic (exact) mass is 669 g/mol. The van der Waals surface area contributed by atoms with Gasteiger partial charge in [0.15, 0.2) is 0 Å². The Balaban J connectivity index is 1.22. The summed E-state index contributed by atoms with van der Waals surface area (Å²) in [7, 11) is 1.73. The highest BCUT2D eigenvalue weighted by molar-refractivity contribution is 6.34. The summed E-state index contributed by atoms with van der Waals surface area (Å²) in [5, 5.41) is 53.5. The van der Waals surface area contributed by atoms with Crippen LogP contribution in [-0.2, 0) is 22.6 Å². The quantitative estimate of drug-likeness (QED) is 0.124. The highest BCUT2D eigenvalue weighted by Gasteiger charge is 2.53. The van der Waals surface area contributed by atoms with E-state index in [0.29, 0.717) is 52.7 Å². The molecule has 7 N–H and O–H groups in total. The summed E-state index contributed by atoms with van der Waals surface area (Å²) in [5.41, 5.74) is 1.19. The fraction of sp³-hybridized carbons (Fsp3) is 0.548. The first-order valence-corrected chi connectivity index (χ1v) is 15.7. The van der Waals surface area contributed by atoms with Gasteiger partial charge in [0, 0.05) is 30.2 Å². The second kappa shape index (κ2) is 15.7. The molecule has 0 radical (unpaired) electrons. The van der Waals surface area contributed by atoms with Crippen molar-refractivity contribution in [1.29, 1.82) is 0 Å². The van der Waals surface area contributed by atoms with Crippen LogP contribution in [0.3, 0.4) is 0 Å². The molecule has 2 aromatic carbocycles. The van der Waals surface area contributed by atoms with Gasteiger partial charge in [-0.2, -0.15) is 0 Å². The number of carbonyl (C=O) groups excluding carboxylic acids is 2. The Bertz CT molecular complexity index is 1330. The van der Waals surface area contributed by atoms with E-state index in [1.54, 1.807) is 24.1 Å². The van der Waals surface area contributed by atoms with E-state index < -0.39 is 49.2 Å². The predicted octanol–water partition coefficient (Wildman–Crippen LogP) is 1.91. The van der Waals surface area contributed by atoms with Crippen LogP contribution in [-0.4, -0.2) is 100 Å². The summed E-state index contributed by atoms with van der Waals surface area (Å²) in [6.07, 6.45) is -2.28. The van der Waals surface area contributed by atoms with E-state index in [-0.39, 0.29) is 25.2 Å². The van der Waals surface area contributed by atoms with Crippen molar-refractivity contribution in [3.63, 3.8) is 0 Å². The maximum Gasteiger partial charge on any atom is 0.314 e. The van der Waals surface area contributed by atoms with E-state index >= 15 is 0 Å². The van der Waals surface area contributed by atoms with Crippen molar-refractivity contribution in [2.45, 2.75) is 81.3 Å². The van der Waals surface area contributed by atoms with Gasteiger partial charge in [0.1, 0.15) is 29.7 Å². The van der Waals surface area contributed by atoms with Crippen LogP contribution in [0.4, 0.5) is 10.5 Å². The number of ether oxygens (including phenoxy) is 2. The average molecular weight is 671 g/mol. The minimum absolute atomic E-state index is 0.108. The summed E-state index contributed by atoms with van der Waals surface area (Å²) in [4.78, 5) is 27.1. The number of carbonyl (C=O) groups is 2. The summed E-state index contributed by atoms with van der Waals surface area (Å²) < 4.78 is 12.1. The van der Waals surface area contributed by atoms with Gasteiger partial charge in [-0.1, -0.05) is 35.3 Å². The molecule has 12 nitrogen and oxygen atoms in total. The average Bonchev–Trinajstić information content (AvgIpc) is 3.98. The number of halogens is 2. The van der Waals surface area contributed by atoms with Crippen LogP contribution < -0.4 is 20.3 Å². The molecule has 2 aromatic rings. The zero-order chi connectivity index (χ0) is 32.7.